The van der Waals surface area contributed by atoms with Crippen LogP contribution in [-0.4, -0.2) is 47.7 Å². The molecule has 2 aromatic rings. The molecule has 0 spiro atoms. The Kier molecular flexibility index (Phi) is 5.20. The van der Waals surface area contributed by atoms with E-state index in [2.05, 4.69) is 14.9 Å². The van der Waals surface area contributed by atoms with Gasteiger partial charge < -0.3 is 14.5 Å². The fraction of sp³-hybridized carbons (Fsp3) is 0.444. The number of hydrogen-bond donors (Lipinski definition) is 0. The summed E-state index contributed by atoms with van der Waals surface area (Å²) in [6, 6.07) is 7.21. The summed E-state index contributed by atoms with van der Waals surface area (Å²) in [6.45, 7) is 8.90. The number of para-hydroxylation sites is 1. The van der Waals surface area contributed by atoms with Gasteiger partial charge in [0.25, 0.3) is 0 Å². The third kappa shape index (κ3) is 3.68. The number of aromatic nitrogens is 2. The van der Waals surface area contributed by atoms with Crippen molar-refractivity contribution in [3.8, 4) is 5.75 Å². The third-order valence-corrected chi connectivity index (χ3v) is 4.36. The van der Waals surface area contributed by atoms with Crippen LogP contribution in [0.4, 0.5) is 17.2 Å². The minimum atomic E-state index is -0.357. The summed E-state index contributed by atoms with van der Waals surface area (Å²) in [6.07, 6.45) is 0. The van der Waals surface area contributed by atoms with E-state index in [1.54, 1.807) is 18.2 Å². The van der Waals surface area contributed by atoms with Crippen molar-refractivity contribution in [3.63, 3.8) is 0 Å². The molecule has 138 valence electrons. The Morgan fingerprint density at radius 3 is 2.46 bits per heavy atom. The van der Waals surface area contributed by atoms with Gasteiger partial charge in [-0.25, -0.2) is 9.97 Å². The Bertz CT molecular complexity index is 783. The molecule has 8 heteroatoms. The van der Waals surface area contributed by atoms with E-state index in [1.165, 1.54) is 0 Å². The average Bonchev–Trinajstić information content (AvgIpc) is 2.61. The molecular formula is C18H23N5O3. The second-order valence-corrected chi connectivity index (χ2v) is 6.20. The molecule has 1 fully saturated rings. The van der Waals surface area contributed by atoms with Gasteiger partial charge in [-0.1, -0.05) is 6.07 Å². The number of aryl methyl sites for hydroxylation is 2. The second-order valence-electron chi connectivity index (χ2n) is 6.20. The number of benzene rings is 1. The van der Waals surface area contributed by atoms with Crippen LogP contribution >= 0.6 is 0 Å². The van der Waals surface area contributed by atoms with Gasteiger partial charge in [-0.05, 0) is 32.9 Å². The molecule has 1 aromatic carbocycles. The molecule has 3 rings (SSSR count). The number of anilines is 2. The van der Waals surface area contributed by atoms with Crippen molar-refractivity contribution in [3.05, 3.63) is 45.9 Å². The third-order valence-electron chi connectivity index (χ3n) is 4.36. The normalized spacial score (nSPS) is 14.4. The summed E-state index contributed by atoms with van der Waals surface area (Å²) in [4.78, 5) is 24.3. The van der Waals surface area contributed by atoms with Crippen molar-refractivity contribution < 1.29 is 9.66 Å². The van der Waals surface area contributed by atoms with E-state index in [0.717, 1.165) is 30.4 Å². The van der Waals surface area contributed by atoms with Gasteiger partial charge in [0.15, 0.2) is 5.75 Å². The monoisotopic (exact) mass is 357 g/mol. The molecule has 1 aliphatic rings. The first-order valence-corrected chi connectivity index (χ1v) is 8.72. The van der Waals surface area contributed by atoms with Crippen LogP contribution in [0.3, 0.4) is 0 Å². The number of hydrogen-bond acceptors (Lipinski definition) is 7. The van der Waals surface area contributed by atoms with E-state index in [-0.39, 0.29) is 10.6 Å². The molecule has 0 atom stereocenters. The molecule has 0 saturated carbocycles. The molecule has 1 aromatic heterocycles. The fourth-order valence-corrected chi connectivity index (χ4v) is 3.26. The fourth-order valence-electron chi connectivity index (χ4n) is 3.26. The molecule has 0 amide bonds. The van der Waals surface area contributed by atoms with E-state index in [1.807, 2.05) is 31.7 Å². The van der Waals surface area contributed by atoms with Gasteiger partial charge in [-0.3, -0.25) is 10.1 Å². The molecule has 0 unspecified atom stereocenters. The molecule has 0 radical (unpaired) electrons. The lowest BCUT2D eigenvalue weighted by atomic mass is 10.2. The first-order valence-electron chi connectivity index (χ1n) is 8.72. The zero-order valence-corrected chi connectivity index (χ0v) is 15.3. The molecule has 0 bridgehead atoms. The van der Waals surface area contributed by atoms with Crippen molar-refractivity contribution in [2.75, 3.05) is 42.6 Å². The van der Waals surface area contributed by atoms with Crippen molar-refractivity contribution in [1.82, 2.24) is 9.97 Å². The summed E-state index contributed by atoms with van der Waals surface area (Å²) >= 11 is 0. The highest BCUT2D eigenvalue weighted by Gasteiger charge is 2.27. The van der Waals surface area contributed by atoms with Gasteiger partial charge >= 0.3 is 5.69 Å². The Labute approximate surface area is 152 Å². The Hall–Kier alpha value is -2.90. The maximum Gasteiger partial charge on any atom is 0.333 e. The molecular weight excluding hydrogens is 334 g/mol. The average molecular weight is 357 g/mol. The topological polar surface area (TPSA) is 84.6 Å². The summed E-state index contributed by atoms with van der Waals surface area (Å²) in [5, 5.41) is 11.6. The highest BCUT2D eigenvalue weighted by atomic mass is 16.6. The molecule has 2 heterocycles. The largest absolute Gasteiger partial charge is 0.487 e. The molecule has 0 N–H and O–H groups in total. The van der Waals surface area contributed by atoms with Crippen LogP contribution in [0.15, 0.2) is 24.3 Å². The van der Waals surface area contributed by atoms with Crippen molar-refractivity contribution in [1.29, 1.82) is 0 Å². The number of ether oxygens (including phenoxy) is 1. The maximum absolute atomic E-state index is 11.6. The first kappa shape index (κ1) is 17.9. The highest BCUT2D eigenvalue weighted by molar-refractivity contribution is 5.70. The molecule has 0 aliphatic carbocycles. The predicted octanol–water partition coefficient (Wildman–Crippen LogP) is 2.73. The Morgan fingerprint density at radius 2 is 1.85 bits per heavy atom. The van der Waals surface area contributed by atoms with Crippen LogP contribution in [0.2, 0.25) is 0 Å². The van der Waals surface area contributed by atoms with Crippen LogP contribution < -0.4 is 14.5 Å². The summed E-state index contributed by atoms with van der Waals surface area (Å²) in [7, 11) is 0. The van der Waals surface area contributed by atoms with E-state index >= 15 is 0 Å². The summed E-state index contributed by atoms with van der Waals surface area (Å²) in [5.74, 6) is 1.98. The Morgan fingerprint density at radius 1 is 1.15 bits per heavy atom. The molecule has 8 nitrogen and oxygen atoms in total. The minimum absolute atomic E-state index is 0.0384. The molecule has 1 aliphatic heterocycles. The summed E-state index contributed by atoms with van der Waals surface area (Å²) in [5.41, 5.74) is 1.59. The lowest BCUT2D eigenvalue weighted by molar-refractivity contribution is -0.385. The number of rotatable bonds is 5. The van der Waals surface area contributed by atoms with Gasteiger partial charge in [-0.2, -0.15) is 0 Å². The van der Waals surface area contributed by atoms with E-state index in [0.29, 0.717) is 31.1 Å². The highest BCUT2D eigenvalue weighted by Crippen LogP contribution is 2.37. The number of nitro benzene ring substituents is 1. The van der Waals surface area contributed by atoms with Gasteiger partial charge in [0.1, 0.15) is 17.3 Å². The molecule has 26 heavy (non-hydrogen) atoms. The van der Waals surface area contributed by atoms with Crippen LogP contribution in [0.25, 0.3) is 0 Å². The van der Waals surface area contributed by atoms with Crippen LogP contribution in [0.1, 0.15) is 18.4 Å². The lowest BCUT2D eigenvalue weighted by Crippen LogP contribution is -2.47. The van der Waals surface area contributed by atoms with E-state index in [4.69, 9.17) is 4.74 Å². The first-order chi connectivity index (χ1) is 12.5. The number of nitro groups is 1. The number of nitrogens with zero attached hydrogens (tertiary/aromatic N) is 5. The SMILES string of the molecule is CCOc1cccc(N2CCN(c3cc(C)nc(C)n3)CC2)c1[N+](=O)[O-]. The van der Waals surface area contributed by atoms with Crippen LogP contribution in [0, 0.1) is 24.0 Å². The van der Waals surface area contributed by atoms with Crippen LogP contribution in [0.5, 0.6) is 5.75 Å². The number of piperazine rings is 1. The quantitative estimate of drug-likeness (QED) is 0.601. The van der Waals surface area contributed by atoms with Gasteiger partial charge in [0.2, 0.25) is 0 Å². The van der Waals surface area contributed by atoms with Gasteiger partial charge in [0, 0.05) is 37.9 Å². The van der Waals surface area contributed by atoms with Crippen LogP contribution in [-0.2, 0) is 0 Å². The van der Waals surface area contributed by atoms with E-state index in [9.17, 15) is 10.1 Å². The van der Waals surface area contributed by atoms with Crippen molar-refractivity contribution in [2.45, 2.75) is 20.8 Å². The van der Waals surface area contributed by atoms with Crippen molar-refractivity contribution >= 4 is 17.2 Å². The van der Waals surface area contributed by atoms with Gasteiger partial charge in [-0.15, -0.1) is 0 Å². The lowest BCUT2D eigenvalue weighted by Gasteiger charge is -2.36. The van der Waals surface area contributed by atoms with E-state index < -0.39 is 0 Å². The predicted molar refractivity (Wildman–Crippen MR) is 100 cm³/mol. The maximum atomic E-state index is 11.6. The Balaban J connectivity index is 1.80. The second kappa shape index (κ2) is 7.55. The van der Waals surface area contributed by atoms with Crippen molar-refractivity contribution in [2.24, 2.45) is 0 Å². The minimum Gasteiger partial charge on any atom is -0.487 e. The smallest absolute Gasteiger partial charge is 0.333 e. The summed E-state index contributed by atoms with van der Waals surface area (Å²) < 4.78 is 5.45. The molecule has 1 saturated heterocycles. The zero-order chi connectivity index (χ0) is 18.7. The zero-order valence-electron chi connectivity index (χ0n) is 15.3. The standard InChI is InChI=1S/C18H23N5O3/c1-4-26-16-7-5-6-15(18(16)23(24)25)21-8-10-22(11-9-21)17-12-13(2)19-14(3)20-17/h5-7,12H,4,8-11H2,1-3H3. The van der Waals surface area contributed by atoms with Gasteiger partial charge in [0.05, 0.1) is 11.5 Å².